The molecule has 1 aliphatic rings. The standard InChI is InChI=1S/C25H27F3N2O6/c1-5-11-35-18-12-20(36-19(18)15-34-14-16-9-7-6-8-10-16)29-13-17(25(26,27)28)21(31)30(23(29)33)22(32)24(2,3)4/h1,6-10,13,18-20H,11-12,14-15H2,2-4H3/t18-,19+,20+/m0/s1. The Bertz CT molecular complexity index is 1240. The number of hydrogen-bond donors (Lipinski definition) is 0. The van der Waals surface area contributed by atoms with Crippen LogP contribution < -0.4 is 11.2 Å². The summed E-state index contributed by atoms with van der Waals surface area (Å²) in [6, 6.07) is 9.27. The lowest BCUT2D eigenvalue weighted by molar-refractivity contribution is -0.140. The van der Waals surface area contributed by atoms with E-state index in [9.17, 15) is 27.6 Å². The average Bonchev–Trinajstić information content (AvgIpc) is 3.19. The summed E-state index contributed by atoms with van der Waals surface area (Å²) >= 11 is 0. The van der Waals surface area contributed by atoms with Crippen LogP contribution in [0.1, 0.15) is 49.3 Å². The van der Waals surface area contributed by atoms with Gasteiger partial charge in [-0.15, -0.1) is 6.42 Å². The molecule has 0 radical (unpaired) electrons. The van der Waals surface area contributed by atoms with Crippen LogP contribution in [0.2, 0.25) is 0 Å². The molecule has 0 unspecified atom stereocenters. The zero-order valence-electron chi connectivity index (χ0n) is 20.1. The molecule has 1 aliphatic heterocycles. The highest BCUT2D eigenvalue weighted by atomic mass is 19.4. The number of rotatable bonds is 7. The van der Waals surface area contributed by atoms with Crippen LogP contribution in [0.5, 0.6) is 0 Å². The number of halogens is 3. The molecule has 36 heavy (non-hydrogen) atoms. The normalized spacial score (nSPS) is 20.3. The first-order valence-electron chi connectivity index (χ1n) is 11.2. The second-order valence-corrected chi connectivity index (χ2v) is 9.35. The van der Waals surface area contributed by atoms with Crippen LogP contribution in [-0.4, -0.2) is 40.5 Å². The molecule has 1 aromatic carbocycles. The summed E-state index contributed by atoms with van der Waals surface area (Å²) in [4.78, 5) is 38.4. The Morgan fingerprint density at radius 1 is 1.19 bits per heavy atom. The predicted octanol–water partition coefficient (Wildman–Crippen LogP) is 3.24. The third kappa shape index (κ3) is 6.13. The molecule has 0 bridgehead atoms. The van der Waals surface area contributed by atoms with Crippen LogP contribution in [-0.2, 0) is 27.0 Å². The van der Waals surface area contributed by atoms with Crippen LogP contribution in [0.4, 0.5) is 13.2 Å². The fourth-order valence-corrected chi connectivity index (χ4v) is 3.71. The van der Waals surface area contributed by atoms with Gasteiger partial charge in [-0.2, -0.15) is 17.7 Å². The molecule has 3 atom stereocenters. The molecule has 0 saturated carbocycles. The van der Waals surface area contributed by atoms with Gasteiger partial charge in [0.2, 0.25) is 5.91 Å². The van der Waals surface area contributed by atoms with Gasteiger partial charge in [-0.1, -0.05) is 57.0 Å². The molecule has 2 aromatic rings. The smallest absolute Gasteiger partial charge is 0.374 e. The first kappa shape index (κ1) is 27.4. The molecule has 1 aromatic heterocycles. The van der Waals surface area contributed by atoms with E-state index in [2.05, 4.69) is 5.92 Å². The Morgan fingerprint density at radius 3 is 2.44 bits per heavy atom. The Hall–Kier alpha value is -3.20. The van der Waals surface area contributed by atoms with Gasteiger partial charge >= 0.3 is 11.9 Å². The highest BCUT2D eigenvalue weighted by molar-refractivity contribution is 5.83. The topological polar surface area (TPSA) is 88.8 Å². The fourth-order valence-electron chi connectivity index (χ4n) is 3.71. The maximum Gasteiger partial charge on any atom is 0.423 e. The van der Waals surface area contributed by atoms with Crippen molar-refractivity contribution in [2.24, 2.45) is 5.41 Å². The van der Waals surface area contributed by atoms with Crippen LogP contribution >= 0.6 is 0 Å². The predicted molar refractivity (Wildman–Crippen MR) is 123 cm³/mol. The van der Waals surface area contributed by atoms with E-state index < -0.39 is 52.7 Å². The molecule has 0 aliphatic carbocycles. The molecule has 1 saturated heterocycles. The zero-order valence-corrected chi connectivity index (χ0v) is 20.1. The quantitative estimate of drug-likeness (QED) is 0.534. The largest absolute Gasteiger partial charge is 0.423 e. The first-order valence-corrected chi connectivity index (χ1v) is 11.2. The number of hydrogen-bond acceptors (Lipinski definition) is 6. The molecular formula is C25H27F3N2O6. The van der Waals surface area contributed by atoms with Crippen molar-refractivity contribution in [2.45, 2.75) is 58.4 Å². The van der Waals surface area contributed by atoms with Crippen LogP contribution in [0.3, 0.4) is 0 Å². The fraction of sp³-hybridized carbons (Fsp3) is 0.480. The second-order valence-electron chi connectivity index (χ2n) is 9.35. The van der Waals surface area contributed by atoms with Gasteiger partial charge in [-0.3, -0.25) is 14.2 Å². The molecule has 8 nitrogen and oxygen atoms in total. The van der Waals surface area contributed by atoms with E-state index in [0.717, 1.165) is 5.56 Å². The molecule has 11 heteroatoms. The van der Waals surface area contributed by atoms with Crippen LogP contribution in [0.25, 0.3) is 0 Å². The Balaban J connectivity index is 1.96. The number of benzene rings is 1. The van der Waals surface area contributed by atoms with E-state index in [1.165, 1.54) is 20.8 Å². The average molecular weight is 508 g/mol. The number of terminal acetylenes is 1. The van der Waals surface area contributed by atoms with Gasteiger partial charge in [0.25, 0.3) is 5.56 Å². The van der Waals surface area contributed by atoms with Gasteiger partial charge in [-0.05, 0) is 5.56 Å². The van der Waals surface area contributed by atoms with Gasteiger partial charge in [0.1, 0.15) is 24.5 Å². The van der Waals surface area contributed by atoms with Gasteiger partial charge in [0.05, 0.1) is 19.3 Å². The lowest BCUT2D eigenvalue weighted by Crippen LogP contribution is -2.50. The highest BCUT2D eigenvalue weighted by Crippen LogP contribution is 2.32. The summed E-state index contributed by atoms with van der Waals surface area (Å²) in [7, 11) is 0. The minimum absolute atomic E-state index is 0.00206. The summed E-state index contributed by atoms with van der Waals surface area (Å²) in [6.45, 7) is 4.32. The van der Waals surface area contributed by atoms with Gasteiger partial charge in [-0.25, -0.2) is 4.79 Å². The molecule has 1 fully saturated rings. The van der Waals surface area contributed by atoms with Crippen molar-refractivity contribution in [1.29, 1.82) is 0 Å². The Morgan fingerprint density at radius 2 is 1.86 bits per heavy atom. The number of aromatic nitrogens is 2. The van der Waals surface area contributed by atoms with E-state index in [1.807, 2.05) is 30.3 Å². The Kier molecular flexibility index (Phi) is 8.23. The SMILES string of the molecule is C#CCO[C@H]1C[C@H](n2cc(C(F)(F)F)c(=O)n(C(=O)C(C)(C)C)c2=O)O[C@@H]1COCc1ccccc1. The van der Waals surface area contributed by atoms with Crippen molar-refractivity contribution in [3.05, 3.63) is 68.5 Å². The molecule has 3 rings (SSSR count). The number of nitrogens with zero attached hydrogens (tertiary/aromatic N) is 2. The van der Waals surface area contributed by atoms with E-state index in [0.29, 0.717) is 10.8 Å². The van der Waals surface area contributed by atoms with E-state index in [-0.39, 0.29) is 30.8 Å². The van der Waals surface area contributed by atoms with Crippen molar-refractivity contribution in [3.63, 3.8) is 0 Å². The summed E-state index contributed by atoms with van der Waals surface area (Å²) in [5.74, 6) is 1.24. The number of carbonyl (C=O) groups is 1. The summed E-state index contributed by atoms with van der Waals surface area (Å²) in [6.07, 6.45) is -2.24. The van der Waals surface area contributed by atoms with Gasteiger partial charge in [0.15, 0.2) is 0 Å². The maximum absolute atomic E-state index is 13.7. The summed E-state index contributed by atoms with van der Waals surface area (Å²) in [5, 5.41) is 0. The van der Waals surface area contributed by atoms with Crippen molar-refractivity contribution in [1.82, 2.24) is 9.13 Å². The number of alkyl halides is 3. The molecular weight excluding hydrogens is 481 g/mol. The number of ether oxygens (including phenoxy) is 3. The molecule has 0 amide bonds. The lowest BCUT2D eigenvalue weighted by Gasteiger charge is -2.22. The third-order valence-electron chi connectivity index (χ3n) is 5.53. The van der Waals surface area contributed by atoms with E-state index in [1.54, 1.807) is 0 Å². The van der Waals surface area contributed by atoms with Gasteiger partial charge < -0.3 is 14.2 Å². The third-order valence-corrected chi connectivity index (χ3v) is 5.53. The monoisotopic (exact) mass is 508 g/mol. The zero-order chi connectivity index (χ0) is 26.7. The summed E-state index contributed by atoms with van der Waals surface area (Å²) < 4.78 is 58.8. The first-order chi connectivity index (χ1) is 16.8. The molecule has 194 valence electrons. The lowest BCUT2D eigenvalue weighted by atomic mass is 9.95. The Labute approximate surface area is 205 Å². The van der Waals surface area contributed by atoms with E-state index >= 15 is 0 Å². The molecule has 0 spiro atoms. The van der Waals surface area contributed by atoms with Gasteiger partial charge in [0, 0.05) is 18.0 Å². The summed E-state index contributed by atoms with van der Waals surface area (Å²) in [5.41, 5.74) is -5.03. The number of carbonyl (C=O) groups excluding carboxylic acids is 1. The minimum atomic E-state index is -5.11. The van der Waals surface area contributed by atoms with Crippen LogP contribution in [0.15, 0.2) is 46.1 Å². The molecule has 2 heterocycles. The second kappa shape index (κ2) is 10.8. The molecule has 0 N–H and O–H groups in total. The van der Waals surface area contributed by atoms with Crippen LogP contribution in [0, 0.1) is 17.8 Å². The van der Waals surface area contributed by atoms with Crippen molar-refractivity contribution in [2.75, 3.05) is 13.2 Å². The highest BCUT2D eigenvalue weighted by Gasteiger charge is 2.42. The van der Waals surface area contributed by atoms with Crippen molar-refractivity contribution >= 4 is 5.91 Å². The maximum atomic E-state index is 13.7. The van der Waals surface area contributed by atoms with Crippen molar-refractivity contribution < 1.29 is 32.2 Å². The van der Waals surface area contributed by atoms with E-state index in [4.69, 9.17) is 20.6 Å². The van der Waals surface area contributed by atoms with Crippen molar-refractivity contribution in [3.8, 4) is 12.3 Å². The minimum Gasteiger partial charge on any atom is -0.374 e.